The van der Waals surface area contributed by atoms with E-state index in [4.69, 9.17) is 11.6 Å². The Morgan fingerprint density at radius 3 is 1.93 bits per heavy atom. The molecule has 0 aliphatic rings. The minimum atomic E-state index is -4.18. The summed E-state index contributed by atoms with van der Waals surface area (Å²) in [6.45, 7) is 10.8. The fourth-order valence-corrected chi connectivity index (χ4v) is 6.78. The third kappa shape index (κ3) is 9.21. The SMILES string of the molecule is Cc1ccc(S(=O)(=O)N(CC(=O)N(Cc2ccc(Cl)cc2)C(Cc2ccccc2)C(=O)NC(C)(C)C)c2cc(C)cc(C)c2)cc1. The molecule has 0 spiro atoms. The van der Waals surface area contributed by atoms with E-state index < -0.39 is 34.1 Å². The quantitative estimate of drug-likeness (QED) is 0.188. The summed E-state index contributed by atoms with van der Waals surface area (Å²) in [5.74, 6) is -0.854. The van der Waals surface area contributed by atoms with Crippen LogP contribution in [0.2, 0.25) is 5.02 Å². The summed E-state index contributed by atoms with van der Waals surface area (Å²) in [7, 11) is -4.18. The number of hydrogen-bond donors (Lipinski definition) is 1. The molecule has 0 bridgehead atoms. The van der Waals surface area contributed by atoms with Gasteiger partial charge in [-0.15, -0.1) is 0 Å². The molecule has 0 aliphatic carbocycles. The van der Waals surface area contributed by atoms with Crippen molar-refractivity contribution in [3.05, 3.63) is 130 Å². The summed E-state index contributed by atoms with van der Waals surface area (Å²) in [6, 6.07) is 27.6. The summed E-state index contributed by atoms with van der Waals surface area (Å²) in [5.41, 5.74) is 4.04. The first-order chi connectivity index (χ1) is 21.6. The van der Waals surface area contributed by atoms with Crippen LogP contribution in [0.3, 0.4) is 0 Å². The molecule has 1 atom stereocenters. The lowest BCUT2D eigenvalue weighted by Gasteiger charge is -2.35. The molecule has 9 heteroatoms. The summed E-state index contributed by atoms with van der Waals surface area (Å²) >= 11 is 6.17. The number of benzene rings is 4. The van der Waals surface area contributed by atoms with E-state index in [-0.39, 0.29) is 23.8 Å². The van der Waals surface area contributed by atoms with Crippen LogP contribution >= 0.6 is 11.6 Å². The van der Waals surface area contributed by atoms with Crippen LogP contribution in [-0.2, 0) is 32.6 Å². The fraction of sp³-hybridized carbons (Fsp3) is 0.297. The number of nitrogens with one attached hydrogen (secondary N) is 1. The Labute approximate surface area is 278 Å². The zero-order valence-electron chi connectivity index (χ0n) is 27.2. The zero-order chi connectivity index (χ0) is 33.6. The van der Waals surface area contributed by atoms with E-state index in [0.29, 0.717) is 10.7 Å². The molecule has 2 amide bonds. The van der Waals surface area contributed by atoms with Crippen molar-refractivity contribution in [1.29, 1.82) is 0 Å². The maximum Gasteiger partial charge on any atom is 0.264 e. The minimum Gasteiger partial charge on any atom is -0.350 e. The summed E-state index contributed by atoms with van der Waals surface area (Å²) in [6.07, 6.45) is 0.232. The first kappa shape index (κ1) is 34.7. The number of rotatable bonds is 11. The van der Waals surface area contributed by atoms with Crippen molar-refractivity contribution in [2.45, 2.75) is 71.0 Å². The molecule has 4 aromatic rings. The number of amides is 2. The normalized spacial score (nSPS) is 12.3. The lowest BCUT2D eigenvalue weighted by atomic mass is 10.0. The monoisotopic (exact) mass is 659 g/mol. The number of aryl methyl sites for hydroxylation is 3. The molecule has 0 radical (unpaired) electrons. The smallest absolute Gasteiger partial charge is 0.264 e. The summed E-state index contributed by atoms with van der Waals surface area (Å²) in [4.78, 5) is 30.2. The van der Waals surface area contributed by atoms with Gasteiger partial charge >= 0.3 is 0 Å². The second-order valence-corrected chi connectivity index (χ2v) is 15.1. The molecule has 4 rings (SSSR count). The van der Waals surface area contributed by atoms with Crippen molar-refractivity contribution in [1.82, 2.24) is 10.2 Å². The molecular formula is C37H42ClN3O4S. The number of carbonyl (C=O) groups excluding carboxylic acids is 2. The van der Waals surface area contributed by atoms with Crippen molar-refractivity contribution in [3.8, 4) is 0 Å². The van der Waals surface area contributed by atoms with Crippen LogP contribution in [0.25, 0.3) is 0 Å². The maximum absolute atomic E-state index is 14.6. The number of halogens is 1. The second-order valence-electron chi connectivity index (χ2n) is 12.8. The number of sulfonamides is 1. The van der Waals surface area contributed by atoms with Gasteiger partial charge in [0.25, 0.3) is 10.0 Å². The zero-order valence-corrected chi connectivity index (χ0v) is 28.8. The minimum absolute atomic E-state index is 0.0658. The van der Waals surface area contributed by atoms with Crippen LogP contribution in [-0.4, -0.2) is 43.3 Å². The van der Waals surface area contributed by atoms with Crippen LogP contribution in [0.5, 0.6) is 0 Å². The van der Waals surface area contributed by atoms with Crippen molar-refractivity contribution in [2.24, 2.45) is 0 Å². The van der Waals surface area contributed by atoms with Crippen LogP contribution in [0, 0.1) is 20.8 Å². The van der Waals surface area contributed by atoms with E-state index in [1.165, 1.54) is 4.90 Å². The second kappa shape index (κ2) is 14.5. The van der Waals surface area contributed by atoms with E-state index >= 15 is 0 Å². The highest BCUT2D eigenvalue weighted by atomic mass is 35.5. The van der Waals surface area contributed by atoms with E-state index in [2.05, 4.69) is 5.32 Å². The predicted molar refractivity (Wildman–Crippen MR) is 185 cm³/mol. The average molecular weight is 660 g/mol. The van der Waals surface area contributed by atoms with E-state index in [1.54, 1.807) is 60.7 Å². The van der Waals surface area contributed by atoms with Gasteiger partial charge in [0.1, 0.15) is 12.6 Å². The molecule has 242 valence electrons. The molecule has 0 saturated heterocycles. The first-order valence-corrected chi connectivity index (χ1v) is 17.0. The molecule has 4 aromatic carbocycles. The highest BCUT2D eigenvalue weighted by molar-refractivity contribution is 7.92. The van der Waals surface area contributed by atoms with Crippen LogP contribution < -0.4 is 9.62 Å². The van der Waals surface area contributed by atoms with E-state index in [0.717, 1.165) is 32.1 Å². The van der Waals surface area contributed by atoms with Crippen LogP contribution in [0.1, 0.15) is 48.6 Å². The Morgan fingerprint density at radius 1 is 0.783 bits per heavy atom. The molecule has 46 heavy (non-hydrogen) atoms. The van der Waals surface area contributed by atoms with E-state index in [9.17, 15) is 18.0 Å². The lowest BCUT2D eigenvalue weighted by molar-refractivity contribution is -0.140. The van der Waals surface area contributed by atoms with Gasteiger partial charge in [0.05, 0.1) is 10.6 Å². The van der Waals surface area contributed by atoms with E-state index in [1.807, 2.05) is 77.9 Å². The van der Waals surface area contributed by atoms with Crippen LogP contribution in [0.4, 0.5) is 5.69 Å². The van der Waals surface area contributed by atoms with Gasteiger partial charge in [-0.05, 0) is 100 Å². The molecule has 0 fully saturated rings. The number of carbonyl (C=O) groups is 2. The predicted octanol–water partition coefficient (Wildman–Crippen LogP) is 7.02. The molecule has 0 heterocycles. The highest BCUT2D eigenvalue weighted by Gasteiger charge is 2.35. The Bertz CT molecular complexity index is 1750. The molecule has 0 aliphatic heterocycles. The average Bonchev–Trinajstić information content (AvgIpc) is 2.97. The molecule has 1 N–H and O–H groups in total. The van der Waals surface area contributed by atoms with Crippen molar-refractivity contribution in [3.63, 3.8) is 0 Å². The van der Waals surface area contributed by atoms with Gasteiger partial charge in [0.2, 0.25) is 11.8 Å². The van der Waals surface area contributed by atoms with Crippen molar-refractivity contribution >= 4 is 39.1 Å². The van der Waals surface area contributed by atoms with Gasteiger partial charge in [-0.25, -0.2) is 8.42 Å². The van der Waals surface area contributed by atoms with Gasteiger partial charge in [0.15, 0.2) is 0 Å². The Hall–Kier alpha value is -4.14. The third-order valence-corrected chi connectivity index (χ3v) is 9.46. The van der Waals surface area contributed by atoms with Gasteiger partial charge in [-0.1, -0.05) is 77.8 Å². The summed E-state index contributed by atoms with van der Waals surface area (Å²) in [5, 5.41) is 3.59. The Kier molecular flexibility index (Phi) is 11.0. The topological polar surface area (TPSA) is 86.8 Å². The lowest BCUT2D eigenvalue weighted by Crippen LogP contribution is -2.56. The fourth-order valence-electron chi connectivity index (χ4n) is 5.25. The number of nitrogens with zero attached hydrogens (tertiary/aromatic N) is 2. The number of anilines is 1. The molecule has 1 unspecified atom stereocenters. The molecule has 0 saturated carbocycles. The Balaban J connectivity index is 1.84. The molecular weight excluding hydrogens is 618 g/mol. The standard InChI is InChI=1S/C37H42ClN3O4S/c1-26-12-18-33(19-13-26)46(44,45)41(32-21-27(2)20-28(3)22-32)25-35(42)40(24-30-14-16-31(38)17-15-30)34(36(43)39-37(4,5)6)23-29-10-8-7-9-11-29/h7-22,34H,23-25H2,1-6H3,(H,39,43). The van der Waals surface area contributed by atoms with Gasteiger partial charge < -0.3 is 10.2 Å². The van der Waals surface area contributed by atoms with Crippen LogP contribution in [0.15, 0.2) is 102 Å². The maximum atomic E-state index is 14.6. The first-order valence-electron chi connectivity index (χ1n) is 15.2. The Morgan fingerprint density at radius 2 is 1.37 bits per heavy atom. The molecule has 7 nitrogen and oxygen atoms in total. The highest BCUT2D eigenvalue weighted by Crippen LogP contribution is 2.27. The van der Waals surface area contributed by atoms with Gasteiger partial charge in [0, 0.05) is 23.5 Å². The third-order valence-electron chi connectivity index (χ3n) is 7.42. The number of hydrogen-bond acceptors (Lipinski definition) is 4. The van der Waals surface area contributed by atoms with Gasteiger partial charge in [-0.2, -0.15) is 0 Å². The molecule has 0 aromatic heterocycles. The largest absolute Gasteiger partial charge is 0.350 e. The summed E-state index contributed by atoms with van der Waals surface area (Å²) < 4.78 is 29.7. The van der Waals surface area contributed by atoms with Crippen molar-refractivity contribution < 1.29 is 18.0 Å². The van der Waals surface area contributed by atoms with Crippen molar-refractivity contribution in [2.75, 3.05) is 10.8 Å². The van der Waals surface area contributed by atoms with Gasteiger partial charge in [-0.3, -0.25) is 13.9 Å².